The first-order valence-corrected chi connectivity index (χ1v) is 9.64. The van der Waals surface area contributed by atoms with Crippen molar-refractivity contribution in [1.82, 2.24) is 15.0 Å². The molecule has 0 unspecified atom stereocenters. The van der Waals surface area contributed by atoms with E-state index in [9.17, 15) is 13.2 Å². The first kappa shape index (κ1) is 18.0. The van der Waals surface area contributed by atoms with Gasteiger partial charge in [-0.2, -0.15) is 0 Å². The molecule has 0 saturated carbocycles. The van der Waals surface area contributed by atoms with Crippen molar-refractivity contribution < 1.29 is 13.2 Å². The van der Waals surface area contributed by atoms with Crippen LogP contribution in [-0.4, -0.2) is 32.4 Å². The van der Waals surface area contributed by atoms with Crippen molar-refractivity contribution in [2.75, 3.05) is 13.1 Å². The lowest BCUT2D eigenvalue weighted by atomic mass is 10.1. The molecule has 134 valence electrons. The average molecular weight is 369 g/mol. The summed E-state index contributed by atoms with van der Waals surface area (Å²) in [6, 6.07) is 15.5. The Balaban J connectivity index is 1.67. The lowest BCUT2D eigenvalue weighted by Gasteiger charge is -2.11. The van der Waals surface area contributed by atoms with E-state index in [2.05, 4.69) is 15.0 Å². The molecule has 7 heteroatoms. The van der Waals surface area contributed by atoms with Gasteiger partial charge in [0.25, 0.3) is 5.91 Å². The van der Waals surface area contributed by atoms with Crippen LogP contribution < -0.4 is 10.0 Å². The van der Waals surface area contributed by atoms with Crippen LogP contribution in [0.2, 0.25) is 0 Å². The molecular formula is C19H19N3O3S. The van der Waals surface area contributed by atoms with Gasteiger partial charge in [0.15, 0.2) is 0 Å². The van der Waals surface area contributed by atoms with E-state index < -0.39 is 10.0 Å². The van der Waals surface area contributed by atoms with Crippen LogP contribution in [0.15, 0.2) is 65.7 Å². The lowest BCUT2D eigenvalue weighted by Crippen LogP contribution is -2.34. The standard InChI is InChI=1S/C19H19N3O3S/c1-14-9-10-17(16-8-5-11-20-18(14)16)26(24,25)22-13-12-21-19(23)15-6-3-2-4-7-15/h2-11,22H,12-13H2,1H3,(H,21,23). The molecular weight excluding hydrogens is 350 g/mol. The van der Waals surface area contributed by atoms with E-state index in [0.717, 1.165) is 5.56 Å². The summed E-state index contributed by atoms with van der Waals surface area (Å²) < 4.78 is 27.8. The van der Waals surface area contributed by atoms with Gasteiger partial charge in [-0.05, 0) is 42.8 Å². The third kappa shape index (κ3) is 3.89. The van der Waals surface area contributed by atoms with Gasteiger partial charge in [0.05, 0.1) is 10.4 Å². The summed E-state index contributed by atoms with van der Waals surface area (Å²) in [4.78, 5) is 16.4. The highest BCUT2D eigenvalue weighted by Gasteiger charge is 2.18. The molecule has 0 spiro atoms. The Labute approximate surface area is 152 Å². The molecule has 0 atom stereocenters. The van der Waals surface area contributed by atoms with Crippen molar-refractivity contribution in [3.05, 3.63) is 71.9 Å². The fourth-order valence-electron chi connectivity index (χ4n) is 2.65. The van der Waals surface area contributed by atoms with Gasteiger partial charge in [-0.15, -0.1) is 0 Å². The quantitative estimate of drug-likeness (QED) is 0.653. The largest absolute Gasteiger partial charge is 0.351 e. The number of nitrogens with zero attached hydrogens (tertiary/aromatic N) is 1. The predicted molar refractivity (Wildman–Crippen MR) is 100 cm³/mol. The first-order valence-electron chi connectivity index (χ1n) is 8.16. The molecule has 0 aliphatic carbocycles. The van der Waals surface area contributed by atoms with Gasteiger partial charge in [0.2, 0.25) is 10.0 Å². The van der Waals surface area contributed by atoms with E-state index in [0.29, 0.717) is 16.5 Å². The van der Waals surface area contributed by atoms with Crippen LogP contribution in [0.3, 0.4) is 0 Å². The fourth-order valence-corrected chi connectivity index (χ4v) is 3.88. The second-order valence-electron chi connectivity index (χ2n) is 5.80. The minimum absolute atomic E-state index is 0.0938. The van der Waals surface area contributed by atoms with E-state index in [4.69, 9.17) is 0 Å². The second-order valence-corrected chi connectivity index (χ2v) is 7.54. The third-order valence-electron chi connectivity index (χ3n) is 3.96. The summed E-state index contributed by atoms with van der Waals surface area (Å²) in [5.41, 5.74) is 2.10. The Bertz CT molecular complexity index is 1030. The molecule has 6 nitrogen and oxygen atoms in total. The van der Waals surface area contributed by atoms with Crippen LogP contribution in [0.25, 0.3) is 10.9 Å². The third-order valence-corrected chi connectivity index (χ3v) is 5.48. The summed E-state index contributed by atoms with van der Waals surface area (Å²) in [6.07, 6.45) is 1.64. The van der Waals surface area contributed by atoms with Crippen LogP contribution in [0.4, 0.5) is 0 Å². The molecule has 2 aromatic carbocycles. The number of hydrogen-bond donors (Lipinski definition) is 2. The molecule has 26 heavy (non-hydrogen) atoms. The predicted octanol–water partition coefficient (Wildman–Crippen LogP) is 2.25. The second kappa shape index (κ2) is 7.63. The molecule has 0 aliphatic heterocycles. The minimum atomic E-state index is -3.71. The minimum Gasteiger partial charge on any atom is -0.351 e. The van der Waals surface area contributed by atoms with Crippen LogP contribution in [0.1, 0.15) is 15.9 Å². The molecule has 3 aromatic rings. The van der Waals surface area contributed by atoms with Gasteiger partial charge in [-0.25, -0.2) is 13.1 Å². The molecule has 0 aliphatic rings. The van der Waals surface area contributed by atoms with E-state index >= 15 is 0 Å². The number of fused-ring (bicyclic) bond motifs is 1. The molecule has 1 heterocycles. The number of hydrogen-bond acceptors (Lipinski definition) is 4. The van der Waals surface area contributed by atoms with Crippen molar-refractivity contribution in [3.63, 3.8) is 0 Å². The highest BCUT2D eigenvalue weighted by Crippen LogP contribution is 2.23. The van der Waals surface area contributed by atoms with Gasteiger partial charge in [0, 0.05) is 30.2 Å². The zero-order chi connectivity index (χ0) is 18.6. The summed E-state index contributed by atoms with van der Waals surface area (Å²) in [5.74, 6) is -0.241. The highest BCUT2D eigenvalue weighted by molar-refractivity contribution is 7.89. The molecule has 1 aromatic heterocycles. The van der Waals surface area contributed by atoms with Gasteiger partial charge in [-0.3, -0.25) is 9.78 Å². The van der Waals surface area contributed by atoms with Crippen LogP contribution in [0, 0.1) is 6.92 Å². The number of benzene rings is 2. The summed E-state index contributed by atoms with van der Waals surface area (Å²) >= 11 is 0. The zero-order valence-electron chi connectivity index (χ0n) is 14.3. The van der Waals surface area contributed by atoms with Gasteiger partial charge in [-0.1, -0.05) is 24.3 Å². The molecule has 0 saturated heterocycles. The van der Waals surface area contributed by atoms with E-state index in [1.807, 2.05) is 13.0 Å². The number of carbonyl (C=O) groups is 1. The van der Waals surface area contributed by atoms with Crippen molar-refractivity contribution in [2.24, 2.45) is 0 Å². The number of amides is 1. The molecule has 1 amide bonds. The zero-order valence-corrected chi connectivity index (χ0v) is 15.1. The Kier molecular flexibility index (Phi) is 5.29. The molecule has 2 N–H and O–H groups in total. The van der Waals surface area contributed by atoms with Gasteiger partial charge < -0.3 is 5.32 Å². The Hall–Kier alpha value is -2.77. The number of sulfonamides is 1. The van der Waals surface area contributed by atoms with Crippen molar-refractivity contribution in [1.29, 1.82) is 0 Å². The van der Waals surface area contributed by atoms with Crippen LogP contribution in [0.5, 0.6) is 0 Å². The summed E-state index contributed by atoms with van der Waals surface area (Å²) in [5, 5.41) is 3.27. The highest BCUT2D eigenvalue weighted by atomic mass is 32.2. The Morgan fingerprint density at radius 2 is 1.77 bits per heavy atom. The maximum atomic E-state index is 12.6. The van der Waals surface area contributed by atoms with E-state index in [1.54, 1.807) is 54.7 Å². The SMILES string of the molecule is Cc1ccc(S(=O)(=O)NCCNC(=O)c2ccccc2)c2cccnc12. The van der Waals surface area contributed by atoms with Crippen molar-refractivity contribution in [2.45, 2.75) is 11.8 Å². The molecule has 0 fully saturated rings. The number of nitrogens with one attached hydrogen (secondary N) is 2. The van der Waals surface area contributed by atoms with E-state index in [-0.39, 0.29) is 23.9 Å². The maximum absolute atomic E-state index is 12.6. The fraction of sp³-hybridized carbons (Fsp3) is 0.158. The van der Waals surface area contributed by atoms with Crippen molar-refractivity contribution in [3.8, 4) is 0 Å². The molecule has 3 rings (SSSR count). The topological polar surface area (TPSA) is 88.2 Å². The molecule has 0 radical (unpaired) electrons. The Morgan fingerprint density at radius 1 is 1.00 bits per heavy atom. The first-order chi connectivity index (χ1) is 12.5. The van der Waals surface area contributed by atoms with Crippen LogP contribution >= 0.6 is 0 Å². The summed E-state index contributed by atoms with van der Waals surface area (Å²) in [6.45, 7) is 2.17. The average Bonchev–Trinajstić information content (AvgIpc) is 2.66. The number of pyridine rings is 1. The normalized spacial score (nSPS) is 11.4. The number of carbonyl (C=O) groups excluding carboxylic acids is 1. The smallest absolute Gasteiger partial charge is 0.251 e. The van der Waals surface area contributed by atoms with E-state index in [1.165, 1.54) is 0 Å². The summed E-state index contributed by atoms with van der Waals surface area (Å²) in [7, 11) is -3.71. The number of rotatable bonds is 6. The Morgan fingerprint density at radius 3 is 2.54 bits per heavy atom. The maximum Gasteiger partial charge on any atom is 0.251 e. The number of aryl methyl sites for hydroxylation is 1. The van der Waals surface area contributed by atoms with Gasteiger partial charge in [0.1, 0.15) is 0 Å². The van der Waals surface area contributed by atoms with Crippen LogP contribution in [-0.2, 0) is 10.0 Å². The van der Waals surface area contributed by atoms with Gasteiger partial charge >= 0.3 is 0 Å². The van der Waals surface area contributed by atoms with Crippen molar-refractivity contribution >= 4 is 26.8 Å². The number of aromatic nitrogens is 1. The molecule has 0 bridgehead atoms. The monoisotopic (exact) mass is 369 g/mol. The lowest BCUT2D eigenvalue weighted by molar-refractivity contribution is 0.0954.